The second kappa shape index (κ2) is 9.32. The lowest BCUT2D eigenvalue weighted by atomic mass is 9.94. The molecular weight excluding hydrogens is 438 g/mol. The lowest BCUT2D eigenvalue weighted by Gasteiger charge is -2.29. The molecule has 2 aromatic rings. The molecule has 2 heterocycles. The van der Waals surface area contributed by atoms with Gasteiger partial charge in [0.1, 0.15) is 9.20 Å². The number of ether oxygens (including phenoxy) is 2. The minimum absolute atomic E-state index is 0.0240. The Bertz CT molecular complexity index is 994. The van der Waals surface area contributed by atoms with E-state index in [1.54, 1.807) is 35.2 Å². The number of rotatable bonds is 5. The summed E-state index contributed by atoms with van der Waals surface area (Å²) in [5.74, 6) is 0.313. The van der Waals surface area contributed by atoms with Gasteiger partial charge in [0.15, 0.2) is 11.5 Å². The molecular formula is C22H21NO4S3. The maximum Gasteiger partial charge on any atom is 0.353 e. The number of methoxy groups -OCH3 is 1. The van der Waals surface area contributed by atoms with Crippen LogP contribution in [-0.4, -0.2) is 34.2 Å². The van der Waals surface area contributed by atoms with E-state index in [4.69, 9.17) is 21.7 Å². The lowest BCUT2D eigenvalue weighted by molar-refractivity contribution is -0.124. The largest absolute Gasteiger partial charge is 0.493 e. The van der Waals surface area contributed by atoms with Crippen LogP contribution in [0.4, 0.5) is 0 Å². The zero-order chi connectivity index (χ0) is 21.1. The molecule has 30 heavy (non-hydrogen) atoms. The third-order valence-corrected chi connectivity index (χ3v) is 7.35. The molecule has 0 atom stereocenters. The van der Waals surface area contributed by atoms with E-state index in [9.17, 15) is 9.59 Å². The molecule has 5 nitrogen and oxygen atoms in total. The van der Waals surface area contributed by atoms with E-state index >= 15 is 0 Å². The highest BCUT2D eigenvalue weighted by molar-refractivity contribution is 8.26. The summed E-state index contributed by atoms with van der Waals surface area (Å²) < 4.78 is 11.5. The zero-order valence-electron chi connectivity index (χ0n) is 16.5. The molecule has 0 unspecified atom stereocenters. The van der Waals surface area contributed by atoms with Crippen LogP contribution in [0.5, 0.6) is 11.5 Å². The average molecular weight is 460 g/mol. The van der Waals surface area contributed by atoms with Gasteiger partial charge < -0.3 is 9.47 Å². The number of thiophene rings is 1. The number of thiocarbonyl (C=S) groups is 1. The van der Waals surface area contributed by atoms with Gasteiger partial charge in [-0.3, -0.25) is 9.69 Å². The molecule has 156 valence electrons. The van der Waals surface area contributed by atoms with Crippen LogP contribution in [0.25, 0.3) is 6.08 Å². The fourth-order valence-electron chi connectivity index (χ4n) is 3.69. The van der Waals surface area contributed by atoms with E-state index in [-0.39, 0.29) is 11.9 Å². The average Bonchev–Trinajstić information content (AvgIpc) is 3.38. The van der Waals surface area contributed by atoms with E-state index in [2.05, 4.69) is 0 Å². The highest BCUT2D eigenvalue weighted by atomic mass is 32.2. The number of nitrogens with zero attached hydrogens (tertiary/aromatic N) is 1. The van der Waals surface area contributed by atoms with Crippen molar-refractivity contribution in [3.8, 4) is 11.5 Å². The van der Waals surface area contributed by atoms with Crippen molar-refractivity contribution in [3.63, 3.8) is 0 Å². The van der Waals surface area contributed by atoms with Crippen molar-refractivity contribution in [2.24, 2.45) is 0 Å². The first-order valence-electron chi connectivity index (χ1n) is 9.77. The fourth-order valence-corrected chi connectivity index (χ4v) is 5.69. The molecule has 1 aromatic heterocycles. The SMILES string of the molecule is COc1cc(/C=C2\SC(=S)N(C3CCCCC3)C2=O)ccc1OC(=O)c1cccs1. The molecule has 1 aliphatic heterocycles. The molecule has 1 saturated heterocycles. The van der Waals surface area contributed by atoms with Gasteiger partial charge >= 0.3 is 5.97 Å². The minimum atomic E-state index is -0.426. The van der Waals surface area contributed by atoms with Gasteiger partial charge in [-0.15, -0.1) is 11.3 Å². The number of amides is 1. The number of hydrogen-bond donors (Lipinski definition) is 0. The Labute approximate surface area is 189 Å². The number of carbonyl (C=O) groups excluding carboxylic acids is 2. The van der Waals surface area contributed by atoms with Crippen molar-refractivity contribution >= 4 is 57.6 Å². The number of benzene rings is 1. The van der Waals surface area contributed by atoms with Gasteiger partial charge in [0.05, 0.1) is 12.0 Å². The van der Waals surface area contributed by atoms with Crippen LogP contribution in [-0.2, 0) is 4.79 Å². The van der Waals surface area contributed by atoms with Crippen molar-refractivity contribution in [2.75, 3.05) is 7.11 Å². The van der Waals surface area contributed by atoms with Gasteiger partial charge in [0.25, 0.3) is 5.91 Å². The first-order valence-corrected chi connectivity index (χ1v) is 11.9. The van der Waals surface area contributed by atoms with E-state index in [1.807, 2.05) is 11.5 Å². The highest BCUT2D eigenvalue weighted by Crippen LogP contribution is 2.38. The Morgan fingerprint density at radius 2 is 2.00 bits per heavy atom. The third-order valence-electron chi connectivity index (χ3n) is 5.17. The molecule has 1 aliphatic carbocycles. The van der Waals surface area contributed by atoms with Crippen molar-refractivity contribution in [2.45, 2.75) is 38.1 Å². The van der Waals surface area contributed by atoms with E-state index in [1.165, 1.54) is 36.6 Å². The Morgan fingerprint density at radius 1 is 1.20 bits per heavy atom. The first-order chi connectivity index (χ1) is 14.6. The van der Waals surface area contributed by atoms with Gasteiger partial charge in [-0.25, -0.2) is 4.79 Å². The molecule has 0 bridgehead atoms. The zero-order valence-corrected chi connectivity index (χ0v) is 18.9. The molecule has 2 aliphatic rings. The second-order valence-corrected chi connectivity index (χ2v) is 9.74. The summed E-state index contributed by atoms with van der Waals surface area (Å²) in [7, 11) is 1.52. The van der Waals surface area contributed by atoms with Crippen LogP contribution < -0.4 is 9.47 Å². The van der Waals surface area contributed by atoms with Gasteiger partial charge in [0, 0.05) is 6.04 Å². The van der Waals surface area contributed by atoms with Gasteiger partial charge in [0.2, 0.25) is 0 Å². The van der Waals surface area contributed by atoms with Crippen molar-refractivity contribution in [3.05, 3.63) is 51.1 Å². The quantitative estimate of drug-likeness (QED) is 0.254. The molecule has 1 amide bonds. The van der Waals surface area contributed by atoms with Crippen LogP contribution in [0.3, 0.4) is 0 Å². The maximum absolute atomic E-state index is 13.0. The molecule has 8 heteroatoms. The van der Waals surface area contributed by atoms with Crippen molar-refractivity contribution < 1.29 is 19.1 Å². The maximum atomic E-state index is 13.0. The third kappa shape index (κ3) is 4.45. The molecule has 1 saturated carbocycles. The molecule has 1 aromatic carbocycles. The van der Waals surface area contributed by atoms with E-state index in [0.29, 0.717) is 25.6 Å². The van der Waals surface area contributed by atoms with Crippen molar-refractivity contribution in [1.82, 2.24) is 4.90 Å². The summed E-state index contributed by atoms with van der Waals surface area (Å²) in [6.45, 7) is 0. The molecule has 2 fully saturated rings. The van der Waals surface area contributed by atoms with E-state index < -0.39 is 5.97 Å². The number of thioether (sulfide) groups is 1. The predicted molar refractivity (Wildman–Crippen MR) is 124 cm³/mol. The summed E-state index contributed by atoms with van der Waals surface area (Å²) in [5, 5.41) is 1.82. The highest BCUT2D eigenvalue weighted by Gasteiger charge is 2.37. The normalized spacial score (nSPS) is 18.8. The molecule has 4 rings (SSSR count). The number of hydrogen-bond acceptors (Lipinski definition) is 7. The van der Waals surface area contributed by atoms with Gasteiger partial charge in [-0.1, -0.05) is 55.4 Å². The first kappa shape index (κ1) is 21.1. The summed E-state index contributed by atoms with van der Waals surface area (Å²) in [6.07, 6.45) is 7.35. The Balaban J connectivity index is 1.52. The molecule has 0 radical (unpaired) electrons. The van der Waals surface area contributed by atoms with Crippen LogP contribution in [0.1, 0.15) is 47.3 Å². The topological polar surface area (TPSA) is 55.8 Å². The van der Waals surface area contributed by atoms with Crippen molar-refractivity contribution in [1.29, 1.82) is 0 Å². The fraction of sp³-hybridized carbons (Fsp3) is 0.318. The van der Waals surface area contributed by atoms with Crippen LogP contribution in [0, 0.1) is 0 Å². The Morgan fingerprint density at radius 3 is 2.70 bits per heavy atom. The van der Waals surface area contributed by atoms with Crippen LogP contribution in [0.15, 0.2) is 40.6 Å². The Kier molecular flexibility index (Phi) is 6.55. The van der Waals surface area contributed by atoms with E-state index in [0.717, 1.165) is 31.2 Å². The summed E-state index contributed by atoms with van der Waals surface area (Å²) in [4.78, 5) is 28.1. The number of esters is 1. The monoisotopic (exact) mass is 459 g/mol. The van der Waals surface area contributed by atoms with Gasteiger partial charge in [-0.2, -0.15) is 0 Å². The predicted octanol–water partition coefficient (Wildman–Crippen LogP) is 5.51. The summed E-state index contributed by atoms with van der Waals surface area (Å²) in [5.41, 5.74) is 0.784. The van der Waals surface area contributed by atoms with Crippen LogP contribution in [0.2, 0.25) is 0 Å². The molecule has 0 spiro atoms. The smallest absolute Gasteiger partial charge is 0.353 e. The molecule has 0 N–H and O–H groups in total. The summed E-state index contributed by atoms with van der Waals surface area (Å²) in [6, 6.07) is 8.95. The second-order valence-electron chi connectivity index (χ2n) is 7.12. The van der Waals surface area contributed by atoms with Crippen LogP contribution >= 0.6 is 35.3 Å². The van der Waals surface area contributed by atoms with Gasteiger partial charge in [-0.05, 0) is 48.1 Å². The lowest BCUT2D eigenvalue weighted by Crippen LogP contribution is -2.39. The standard InChI is InChI=1S/C22H21NO4S3/c1-26-17-12-14(9-10-16(17)27-21(25)18-8-5-11-29-18)13-19-20(24)23(22(28)30-19)15-6-3-2-4-7-15/h5,8-13,15H,2-4,6-7H2,1H3/b19-13-. The minimum Gasteiger partial charge on any atom is -0.493 e. The number of carbonyl (C=O) groups is 2. The summed E-state index contributed by atoms with van der Waals surface area (Å²) >= 11 is 8.15. The Hall–Kier alpha value is -2.16.